The van der Waals surface area contributed by atoms with Gasteiger partial charge in [-0.15, -0.1) is 0 Å². The molecule has 0 bridgehead atoms. The van der Waals surface area contributed by atoms with Gasteiger partial charge >= 0.3 is 6.18 Å². The van der Waals surface area contributed by atoms with Crippen molar-refractivity contribution in [3.63, 3.8) is 0 Å². The summed E-state index contributed by atoms with van der Waals surface area (Å²) < 4.78 is 35.6. The number of halogens is 3. The second kappa shape index (κ2) is 4.06. The Labute approximate surface area is 73.1 Å². The molecule has 0 aromatic carbocycles. The standard InChI is InChI=1S/C7H9F3N2O/c1-4(11)5(3-12-2)6(13)7(8,9)10/h3,11-12H,1-2H3/b5-3+,11-4?. The number of allylic oxidation sites excluding steroid dienone is 1. The second-order valence-electron chi connectivity index (χ2n) is 2.30. The molecule has 3 nitrogen and oxygen atoms in total. The summed E-state index contributed by atoms with van der Waals surface area (Å²) in [6.45, 7) is 1.12. The highest BCUT2D eigenvalue weighted by Crippen LogP contribution is 2.20. The summed E-state index contributed by atoms with van der Waals surface area (Å²) in [5.41, 5.74) is -1.09. The van der Waals surface area contributed by atoms with E-state index in [9.17, 15) is 18.0 Å². The van der Waals surface area contributed by atoms with Crippen LogP contribution in [-0.4, -0.2) is 24.7 Å². The molecule has 0 rings (SSSR count). The molecule has 0 saturated carbocycles. The Hall–Kier alpha value is -1.33. The Bertz CT molecular complexity index is 255. The van der Waals surface area contributed by atoms with Crippen LogP contribution in [0.4, 0.5) is 13.2 Å². The van der Waals surface area contributed by atoms with E-state index in [4.69, 9.17) is 5.41 Å². The van der Waals surface area contributed by atoms with Crippen molar-refractivity contribution in [1.29, 1.82) is 5.41 Å². The van der Waals surface area contributed by atoms with Gasteiger partial charge in [0, 0.05) is 19.0 Å². The van der Waals surface area contributed by atoms with E-state index in [-0.39, 0.29) is 0 Å². The first-order valence-corrected chi connectivity index (χ1v) is 3.35. The molecule has 0 amide bonds. The van der Waals surface area contributed by atoms with Crippen LogP contribution in [0.1, 0.15) is 6.92 Å². The van der Waals surface area contributed by atoms with Crippen molar-refractivity contribution in [3.05, 3.63) is 11.8 Å². The number of alkyl halides is 3. The van der Waals surface area contributed by atoms with E-state index in [0.29, 0.717) is 0 Å². The van der Waals surface area contributed by atoms with Gasteiger partial charge in [0.1, 0.15) is 0 Å². The fourth-order valence-electron chi connectivity index (χ4n) is 0.641. The molecular weight excluding hydrogens is 185 g/mol. The third-order valence-electron chi connectivity index (χ3n) is 1.19. The first-order valence-electron chi connectivity index (χ1n) is 3.35. The highest BCUT2D eigenvalue weighted by molar-refractivity contribution is 6.22. The number of nitrogens with one attached hydrogen (secondary N) is 2. The van der Waals surface area contributed by atoms with Crippen molar-refractivity contribution in [2.45, 2.75) is 13.1 Å². The molecule has 0 aromatic rings. The van der Waals surface area contributed by atoms with Gasteiger partial charge in [-0.25, -0.2) is 0 Å². The van der Waals surface area contributed by atoms with Crippen LogP contribution >= 0.6 is 0 Å². The van der Waals surface area contributed by atoms with Gasteiger partial charge in [0.15, 0.2) is 0 Å². The summed E-state index contributed by atoms with van der Waals surface area (Å²) in [6, 6.07) is 0. The molecule has 0 aliphatic rings. The average Bonchev–Trinajstić information content (AvgIpc) is 1.96. The first kappa shape index (κ1) is 11.7. The molecule has 0 saturated heterocycles. The molecular formula is C7H9F3N2O. The lowest BCUT2D eigenvalue weighted by Crippen LogP contribution is -2.28. The third-order valence-corrected chi connectivity index (χ3v) is 1.19. The second-order valence-corrected chi connectivity index (χ2v) is 2.30. The number of hydrogen-bond acceptors (Lipinski definition) is 3. The quantitative estimate of drug-likeness (QED) is 0.525. The summed E-state index contributed by atoms with van der Waals surface area (Å²) in [6.07, 6.45) is -4.07. The molecule has 0 fully saturated rings. The lowest BCUT2D eigenvalue weighted by atomic mass is 10.1. The number of carbonyl (C=O) groups excluding carboxylic acids is 1. The lowest BCUT2D eigenvalue weighted by molar-refractivity contribution is -0.165. The zero-order valence-corrected chi connectivity index (χ0v) is 7.12. The van der Waals surface area contributed by atoms with Gasteiger partial charge < -0.3 is 10.7 Å². The van der Waals surface area contributed by atoms with Crippen molar-refractivity contribution >= 4 is 11.5 Å². The van der Waals surface area contributed by atoms with Gasteiger partial charge in [0.2, 0.25) is 0 Å². The molecule has 74 valence electrons. The normalized spacial score (nSPS) is 12.5. The fraction of sp³-hybridized carbons (Fsp3) is 0.429. The van der Waals surface area contributed by atoms with Gasteiger partial charge in [0.25, 0.3) is 5.78 Å². The summed E-state index contributed by atoms with van der Waals surface area (Å²) in [4.78, 5) is 10.6. The Morgan fingerprint density at radius 3 is 2.15 bits per heavy atom. The van der Waals surface area contributed by atoms with E-state index in [2.05, 4.69) is 5.32 Å². The van der Waals surface area contributed by atoms with Crippen molar-refractivity contribution in [2.24, 2.45) is 0 Å². The van der Waals surface area contributed by atoms with E-state index < -0.39 is 23.2 Å². The van der Waals surface area contributed by atoms with Crippen molar-refractivity contribution < 1.29 is 18.0 Å². The summed E-state index contributed by atoms with van der Waals surface area (Å²) >= 11 is 0. The third kappa shape index (κ3) is 3.27. The molecule has 0 heterocycles. The molecule has 0 radical (unpaired) electrons. The van der Waals surface area contributed by atoms with Crippen molar-refractivity contribution in [1.82, 2.24) is 5.32 Å². The zero-order valence-electron chi connectivity index (χ0n) is 7.12. The van der Waals surface area contributed by atoms with Gasteiger partial charge in [-0.1, -0.05) is 0 Å². The zero-order chi connectivity index (χ0) is 10.6. The largest absolute Gasteiger partial charge is 0.454 e. The number of carbonyl (C=O) groups is 1. The van der Waals surface area contributed by atoms with Gasteiger partial charge in [-0.05, 0) is 6.92 Å². The van der Waals surface area contributed by atoms with E-state index in [1.807, 2.05) is 0 Å². The minimum absolute atomic E-state index is 0.420. The summed E-state index contributed by atoms with van der Waals surface area (Å²) in [5.74, 6) is -2.01. The highest BCUT2D eigenvalue weighted by atomic mass is 19.4. The van der Waals surface area contributed by atoms with E-state index >= 15 is 0 Å². The topological polar surface area (TPSA) is 53.0 Å². The Morgan fingerprint density at radius 2 is 1.92 bits per heavy atom. The molecule has 6 heteroatoms. The smallest absolute Gasteiger partial charge is 0.393 e. The lowest BCUT2D eigenvalue weighted by Gasteiger charge is -2.07. The number of Topliss-reactive ketones (excluding diaryl/α,β-unsaturated/α-hetero) is 1. The van der Waals surface area contributed by atoms with Crippen molar-refractivity contribution in [2.75, 3.05) is 7.05 Å². The molecule has 0 unspecified atom stereocenters. The van der Waals surface area contributed by atoms with Gasteiger partial charge in [0.05, 0.1) is 5.57 Å². The Balaban J connectivity index is 4.90. The fourth-order valence-corrected chi connectivity index (χ4v) is 0.641. The molecule has 0 aromatic heterocycles. The van der Waals surface area contributed by atoms with Gasteiger partial charge in [-0.3, -0.25) is 4.79 Å². The maximum atomic E-state index is 11.9. The van der Waals surface area contributed by atoms with E-state index in [1.165, 1.54) is 7.05 Å². The molecule has 0 aliphatic carbocycles. The van der Waals surface area contributed by atoms with Crippen LogP contribution in [0.3, 0.4) is 0 Å². The molecule has 0 aliphatic heterocycles. The molecule has 13 heavy (non-hydrogen) atoms. The monoisotopic (exact) mass is 194 g/mol. The average molecular weight is 194 g/mol. The summed E-state index contributed by atoms with van der Waals surface area (Å²) in [7, 11) is 1.35. The summed E-state index contributed by atoms with van der Waals surface area (Å²) in [5, 5.41) is 9.21. The molecule has 0 spiro atoms. The molecule has 2 N–H and O–H groups in total. The van der Waals surface area contributed by atoms with E-state index in [0.717, 1.165) is 13.1 Å². The van der Waals surface area contributed by atoms with Crippen LogP contribution in [0.15, 0.2) is 11.8 Å². The Morgan fingerprint density at radius 1 is 1.46 bits per heavy atom. The SMILES string of the molecule is CN/C=C(\C(C)=N)C(=O)C(F)(F)F. The maximum Gasteiger partial charge on any atom is 0.454 e. The van der Waals surface area contributed by atoms with Crippen molar-refractivity contribution in [3.8, 4) is 0 Å². The van der Waals surface area contributed by atoms with Gasteiger partial charge in [-0.2, -0.15) is 13.2 Å². The highest BCUT2D eigenvalue weighted by Gasteiger charge is 2.41. The van der Waals surface area contributed by atoms with Crippen LogP contribution in [0, 0.1) is 5.41 Å². The predicted octanol–water partition coefficient (Wildman–Crippen LogP) is 1.26. The number of hydrogen-bond donors (Lipinski definition) is 2. The minimum atomic E-state index is -4.93. The number of ketones is 1. The minimum Gasteiger partial charge on any atom is -0.393 e. The first-order chi connectivity index (χ1) is 5.80. The van der Waals surface area contributed by atoms with Crippen LogP contribution in [-0.2, 0) is 4.79 Å². The van der Waals surface area contributed by atoms with Crippen LogP contribution < -0.4 is 5.32 Å². The number of rotatable bonds is 3. The van der Waals surface area contributed by atoms with Crippen LogP contribution in [0.25, 0.3) is 0 Å². The predicted molar refractivity (Wildman–Crippen MR) is 41.6 cm³/mol. The maximum absolute atomic E-state index is 11.9. The van der Waals surface area contributed by atoms with Crippen LogP contribution in [0.2, 0.25) is 0 Å². The van der Waals surface area contributed by atoms with E-state index in [1.54, 1.807) is 0 Å². The van der Waals surface area contributed by atoms with Crippen LogP contribution in [0.5, 0.6) is 0 Å². The molecule has 0 atom stereocenters. The Kier molecular flexibility index (Phi) is 3.65.